The van der Waals surface area contributed by atoms with Gasteiger partial charge in [0.15, 0.2) is 5.69 Å². The molecule has 0 fully saturated rings. The number of benzene rings is 1. The molecule has 0 aliphatic carbocycles. The summed E-state index contributed by atoms with van der Waals surface area (Å²) >= 11 is 5.70. The van der Waals surface area contributed by atoms with E-state index in [1.807, 2.05) is 0 Å². The number of pyridine rings is 1. The molecule has 2 N–H and O–H groups in total. The van der Waals surface area contributed by atoms with Gasteiger partial charge in [-0.3, -0.25) is 0 Å². The molecule has 0 bridgehead atoms. The Bertz CT molecular complexity index is 728. The second kappa shape index (κ2) is 5.55. The number of carboxylic acid groups (broad SMARTS) is 1. The Balaban J connectivity index is 2.33. The Kier molecular flexibility index (Phi) is 3.82. The number of nitriles is 1. The Morgan fingerprint density at radius 3 is 2.80 bits per heavy atom. The molecule has 0 aliphatic rings. The zero-order valence-electron chi connectivity index (χ0n) is 9.89. The van der Waals surface area contributed by atoms with E-state index in [9.17, 15) is 9.18 Å². The van der Waals surface area contributed by atoms with Crippen molar-refractivity contribution in [3.8, 4) is 6.07 Å². The molecule has 5 nitrogen and oxygen atoms in total. The Hall–Kier alpha value is -2.65. The van der Waals surface area contributed by atoms with Crippen LogP contribution in [-0.4, -0.2) is 16.1 Å². The summed E-state index contributed by atoms with van der Waals surface area (Å²) < 4.78 is 13.2. The number of carboxylic acids is 1. The van der Waals surface area contributed by atoms with Gasteiger partial charge >= 0.3 is 5.97 Å². The van der Waals surface area contributed by atoms with E-state index in [0.29, 0.717) is 5.69 Å². The lowest BCUT2D eigenvalue weighted by Gasteiger charge is -2.07. The molecule has 0 aliphatic heterocycles. The molecule has 1 aromatic carbocycles. The van der Waals surface area contributed by atoms with Crippen molar-refractivity contribution in [3.05, 3.63) is 52.4 Å². The highest BCUT2D eigenvalue weighted by Gasteiger charge is 2.12. The van der Waals surface area contributed by atoms with Gasteiger partial charge in [-0.05, 0) is 30.3 Å². The average molecular weight is 292 g/mol. The molecule has 0 unspecified atom stereocenters. The largest absolute Gasteiger partial charge is 0.476 e. The molecule has 1 aromatic heterocycles. The first-order chi connectivity index (χ1) is 9.51. The molecule has 2 rings (SSSR count). The summed E-state index contributed by atoms with van der Waals surface area (Å²) in [4.78, 5) is 14.7. The molecule has 1 heterocycles. The standard InChI is InChI=1S/C13H7ClFN3O2/c14-9-2-4-11(18-12(9)13(19)20)17-8-1-3-10(15)7(5-8)6-16/h1-5H,(H,17,18)(H,19,20). The predicted molar refractivity (Wildman–Crippen MR) is 70.6 cm³/mol. The quantitative estimate of drug-likeness (QED) is 0.907. The summed E-state index contributed by atoms with van der Waals surface area (Å²) in [6.45, 7) is 0. The first kappa shape index (κ1) is 13.8. The molecule has 0 radical (unpaired) electrons. The molecule has 0 saturated heterocycles. The van der Waals surface area contributed by atoms with E-state index >= 15 is 0 Å². The zero-order chi connectivity index (χ0) is 14.7. The SMILES string of the molecule is N#Cc1cc(Nc2ccc(Cl)c(C(=O)O)n2)ccc1F. The summed E-state index contributed by atoms with van der Waals surface area (Å²) in [7, 11) is 0. The summed E-state index contributed by atoms with van der Waals surface area (Å²) in [6.07, 6.45) is 0. The van der Waals surface area contributed by atoms with E-state index in [4.69, 9.17) is 22.0 Å². The van der Waals surface area contributed by atoms with Crippen LogP contribution in [-0.2, 0) is 0 Å². The Morgan fingerprint density at radius 1 is 1.40 bits per heavy atom. The number of nitrogens with zero attached hydrogens (tertiary/aromatic N) is 2. The molecular formula is C13H7ClFN3O2. The van der Waals surface area contributed by atoms with Crippen molar-refractivity contribution < 1.29 is 14.3 Å². The first-order valence-corrected chi connectivity index (χ1v) is 5.75. The fourth-order valence-corrected chi connectivity index (χ4v) is 1.68. The number of nitrogens with one attached hydrogen (secondary N) is 1. The van der Waals surface area contributed by atoms with Gasteiger partial charge in [0.05, 0.1) is 10.6 Å². The Labute approximate surface area is 118 Å². The highest BCUT2D eigenvalue weighted by atomic mass is 35.5. The molecule has 2 aromatic rings. The van der Waals surface area contributed by atoms with Gasteiger partial charge in [-0.25, -0.2) is 14.2 Å². The maximum atomic E-state index is 13.2. The molecule has 7 heteroatoms. The van der Waals surface area contributed by atoms with Gasteiger partial charge in [0.2, 0.25) is 0 Å². The van der Waals surface area contributed by atoms with Crippen molar-refractivity contribution in [3.63, 3.8) is 0 Å². The lowest BCUT2D eigenvalue weighted by molar-refractivity contribution is 0.0691. The zero-order valence-corrected chi connectivity index (χ0v) is 10.6. The number of aromatic nitrogens is 1. The lowest BCUT2D eigenvalue weighted by Crippen LogP contribution is -2.04. The van der Waals surface area contributed by atoms with E-state index in [1.54, 1.807) is 6.07 Å². The third-order valence-corrected chi connectivity index (χ3v) is 2.71. The van der Waals surface area contributed by atoms with Crippen LogP contribution in [0.3, 0.4) is 0 Å². The first-order valence-electron chi connectivity index (χ1n) is 5.38. The number of hydrogen-bond acceptors (Lipinski definition) is 4. The van der Waals surface area contributed by atoms with Crippen molar-refractivity contribution in [2.75, 3.05) is 5.32 Å². The highest BCUT2D eigenvalue weighted by Crippen LogP contribution is 2.21. The van der Waals surface area contributed by atoms with Gasteiger partial charge in [-0.1, -0.05) is 11.6 Å². The summed E-state index contributed by atoms with van der Waals surface area (Å²) in [6, 6.07) is 8.41. The summed E-state index contributed by atoms with van der Waals surface area (Å²) in [5, 5.41) is 20.4. The lowest BCUT2D eigenvalue weighted by atomic mass is 10.2. The van der Waals surface area contributed by atoms with Gasteiger partial charge in [0.1, 0.15) is 17.7 Å². The van der Waals surface area contributed by atoms with Crippen molar-refractivity contribution in [1.29, 1.82) is 5.26 Å². The minimum atomic E-state index is -1.25. The molecule has 0 amide bonds. The maximum absolute atomic E-state index is 13.2. The molecule has 0 saturated carbocycles. The van der Waals surface area contributed by atoms with Crippen LogP contribution in [0.15, 0.2) is 30.3 Å². The minimum absolute atomic E-state index is 0.0138. The molecule has 100 valence electrons. The van der Waals surface area contributed by atoms with E-state index < -0.39 is 11.8 Å². The van der Waals surface area contributed by atoms with E-state index in [-0.39, 0.29) is 22.1 Å². The number of rotatable bonds is 3. The van der Waals surface area contributed by atoms with Crippen LogP contribution in [0.4, 0.5) is 15.9 Å². The number of carbonyl (C=O) groups is 1. The van der Waals surface area contributed by atoms with Gasteiger partial charge in [0.25, 0.3) is 0 Å². The van der Waals surface area contributed by atoms with Crippen LogP contribution in [0.25, 0.3) is 0 Å². The average Bonchev–Trinajstić information content (AvgIpc) is 2.42. The van der Waals surface area contributed by atoms with Crippen molar-refractivity contribution in [1.82, 2.24) is 4.98 Å². The second-order valence-electron chi connectivity index (χ2n) is 3.76. The van der Waals surface area contributed by atoms with Gasteiger partial charge in [-0.15, -0.1) is 0 Å². The van der Waals surface area contributed by atoms with Crippen LogP contribution in [0.5, 0.6) is 0 Å². The topological polar surface area (TPSA) is 86.0 Å². The maximum Gasteiger partial charge on any atom is 0.356 e. The number of anilines is 2. The van der Waals surface area contributed by atoms with Crippen molar-refractivity contribution in [2.45, 2.75) is 0 Å². The third kappa shape index (κ3) is 2.84. The fraction of sp³-hybridized carbons (Fsp3) is 0. The van der Waals surface area contributed by atoms with Gasteiger partial charge in [-0.2, -0.15) is 5.26 Å². The summed E-state index contributed by atoms with van der Waals surface area (Å²) in [5.74, 6) is -1.66. The van der Waals surface area contributed by atoms with Crippen LogP contribution < -0.4 is 5.32 Å². The predicted octanol–water partition coefficient (Wildman–Crippen LogP) is 3.19. The minimum Gasteiger partial charge on any atom is -0.476 e. The molecular weight excluding hydrogens is 285 g/mol. The van der Waals surface area contributed by atoms with Crippen LogP contribution in [0.2, 0.25) is 5.02 Å². The normalized spacial score (nSPS) is 9.85. The monoisotopic (exact) mass is 291 g/mol. The molecule has 20 heavy (non-hydrogen) atoms. The van der Waals surface area contributed by atoms with E-state index in [0.717, 1.165) is 6.07 Å². The van der Waals surface area contributed by atoms with Crippen LogP contribution >= 0.6 is 11.6 Å². The van der Waals surface area contributed by atoms with E-state index in [1.165, 1.54) is 24.3 Å². The number of hydrogen-bond donors (Lipinski definition) is 2. The third-order valence-electron chi connectivity index (χ3n) is 2.41. The summed E-state index contributed by atoms with van der Waals surface area (Å²) in [5.41, 5.74) is -0.00387. The van der Waals surface area contributed by atoms with Crippen molar-refractivity contribution >= 4 is 29.1 Å². The van der Waals surface area contributed by atoms with Gasteiger partial charge in [0, 0.05) is 5.69 Å². The smallest absolute Gasteiger partial charge is 0.356 e. The van der Waals surface area contributed by atoms with Crippen LogP contribution in [0, 0.1) is 17.1 Å². The van der Waals surface area contributed by atoms with Crippen molar-refractivity contribution in [2.24, 2.45) is 0 Å². The highest BCUT2D eigenvalue weighted by molar-refractivity contribution is 6.33. The number of aromatic carboxylic acids is 1. The van der Waals surface area contributed by atoms with E-state index in [2.05, 4.69) is 10.3 Å². The van der Waals surface area contributed by atoms with Crippen LogP contribution in [0.1, 0.15) is 16.1 Å². The number of halogens is 2. The van der Waals surface area contributed by atoms with Gasteiger partial charge < -0.3 is 10.4 Å². The molecule has 0 atom stereocenters. The molecule has 0 spiro atoms. The Morgan fingerprint density at radius 2 is 2.15 bits per heavy atom. The second-order valence-corrected chi connectivity index (χ2v) is 4.17. The fourth-order valence-electron chi connectivity index (χ4n) is 1.50.